The highest BCUT2D eigenvalue weighted by Crippen LogP contribution is 2.25. The average Bonchev–Trinajstić information content (AvgIpc) is 3.25. The van der Waals surface area contributed by atoms with Gasteiger partial charge in [-0.15, -0.1) is 10.2 Å². The molecule has 0 bridgehead atoms. The van der Waals surface area contributed by atoms with E-state index in [-0.39, 0.29) is 17.5 Å². The Labute approximate surface area is 203 Å². The molecule has 0 radical (unpaired) electrons. The van der Waals surface area contributed by atoms with Crippen molar-refractivity contribution in [2.24, 2.45) is 0 Å². The number of nitrogens with zero attached hydrogens (tertiary/aromatic N) is 4. The molecule has 2 aromatic carbocycles. The quantitative estimate of drug-likeness (QED) is 0.459. The van der Waals surface area contributed by atoms with Crippen molar-refractivity contribution in [2.75, 3.05) is 43.9 Å². The molecule has 3 aromatic rings. The number of thioether (sulfide) groups is 1. The molecule has 4 rings (SSSR count). The van der Waals surface area contributed by atoms with Crippen molar-refractivity contribution < 1.29 is 13.9 Å². The Morgan fingerprint density at radius 1 is 1.12 bits per heavy atom. The van der Waals surface area contributed by atoms with Crippen molar-refractivity contribution in [3.8, 4) is 11.4 Å². The molecule has 0 aliphatic carbocycles. The Balaban J connectivity index is 1.46. The molecule has 9 heteroatoms. The van der Waals surface area contributed by atoms with Gasteiger partial charge in [-0.25, -0.2) is 4.39 Å². The van der Waals surface area contributed by atoms with Crippen LogP contribution in [0.4, 0.5) is 10.1 Å². The van der Waals surface area contributed by atoms with Crippen LogP contribution in [0.1, 0.15) is 25.3 Å². The van der Waals surface area contributed by atoms with E-state index in [1.54, 1.807) is 12.1 Å². The molecule has 1 fully saturated rings. The van der Waals surface area contributed by atoms with E-state index >= 15 is 0 Å². The second-order valence-electron chi connectivity index (χ2n) is 8.54. The molecule has 1 aromatic heterocycles. The van der Waals surface area contributed by atoms with E-state index in [1.165, 1.54) is 29.5 Å². The molecule has 0 saturated carbocycles. The molecular formula is C25H30FN5O2S. The third-order valence-electron chi connectivity index (χ3n) is 5.73. The van der Waals surface area contributed by atoms with Gasteiger partial charge in [0.05, 0.1) is 19.0 Å². The zero-order valence-corrected chi connectivity index (χ0v) is 20.4. The Bertz CT molecular complexity index is 1100. The van der Waals surface area contributed by atoms with Crippen LogP contribution in [0.3, 0.4) is 0 Å². The summed E-state index contributed by atoms with van der Waals surface area (Å²) in [5.74, 6) is 0.875. The van der Waals surface area contributed by atoms with Crippen LogP contribution in [-0.4, -0.2) is 64.2 Å². The topological polar surface area (TPSA) is 72.3 Å². The largest absolute Gasteiger partial charge is 0.379 e. The molecular weight excluding hydrogens is 453 g/mol. The SMILES string of the molecule is CC(C)c1cccc(NC(=O)CSc2nnc(-c3ccc(F)cc3)n2CCN2CCOCC2)c1. The van der Waals surface area contributed by atoms with Crippen LogP contribution in [-0.2, 0) is 16.1 Å². The number of carbonyl (C=O) groups excluding carboxylic acids is 1. The number of aromatic nitrogens is 3. The summed E-state index contributed by atoms with van der Waals surface area (Å²) in [7, 11) is 0. The van der Waals surface area contributed by atoms with Crippen LogP contribution in [0.25, 0.3) is 11.4 Å². The number of rotatable bonds is 9. The van der Waals surface area contributed by atoms with E-state index in [9.17, 15) is 9.18 Å². The Morgan fingerprint density at radius 2 is 1.88 bits per heavy atom. The van der Waals surface area contributed by atoms with E-state index in [4.69, 9.17) is 4.74 Å². The van der Waals surface area contributed by atoms with Crippen LogP contribution in [0.2, 0.25) is 0 Å². The molecule has 1 N–H and O–H groups in total. The van der Waals surface area contributed by atoms with Gasteiger partial charge in [-0.1, -0.05) is 37.7 Å². The van der Waals surface area contributed by atoms with Crippen LogP contribution in [0, 0.1) is 5.82 Å². The summed E-state index contributed by atoms with van der Waals surface area (Å²) in [4.78, 5) is 15.0. The molecule has 180 valence electrons. The van der Waals surface area contributed by atoms with Crippen molar-refractivity contribution in [3.05, 3.63) is 59.9 Å². The molecule has 2 heterocycles. The van der Waals surface area contributed by atoms with E-state index in [0.717, 1.165) is 44.1 Å². The van der Waals surface area contributed by atoms with E-state index in [1.807, 2.05) is 22.8 Å². The number of halogens is 1. The third-order valence-corrected chi connectivity index (χ3v) is 6.70. The highest BCUT2D eigenvalue weighted by Gasteiger charge is 2.18. The molecule has 0 unspecified atom stereocenters. The molecule has 7 nitrogen and oxygen atoms in total. The van der Waals surface area contributed by atoms with Gasteiger partial charge < -0.3 is 14.6 Å². The first-order valence-electron chi connectivity index (χ1n) is 11.5. The van der Waals surface area contributed by atoms with Crippen LogP contribution in [0.5, 0.6) is 0 Å². The first-order chi connectivity index (χ1) is 16.5. The highest BCUT2D eigenvalue weighted by molar-refractivity contribution is 7.99. The third kappa shape index (κ3) is 6.43. The van der Waals surface area contributed by atoms with Crippen LogP contribution < -0.4 is 5.32 Å². The molecule has 1 aliphatic heterocycles. The number of amides is 1. The van der Waals surface area contributed by atoms with Gasteiger partial charge in [0.1, 0.15) is 5.82 Å². The smallest absolute Gasteiger partial charge is 0.234 e. The van der Waals surface area contributed by atoms with E-state index in [0.29, 0.717) is 23.4 Å². The maximum atomic E-state index is 13.4. The average molecular weight is 484 g/mol. The summed E-state index contributed by atoms with van der Waals surface area (Å²) in [5, 5.41) is 12.4. The number of ether oxygens (including phenoxy) is 1. The normalized spacial score (nSPS) is 14.5. The minimum Gasteiger partial charge on any atom is -0.379 e. The summed E-state index contributed by atoms with van der Waals surface area (Å²) in [5.41, 5.74) is 2.76. The molecule has 1 aliphatic rings. The highest BCUT2D eigenvalue weighted by atomic mass is 32.2. The summed E-state index contributed by atoms with van der Waals surface area (Å²) in [6.07, 6.45) is 0. The monoisotopic (exact) mass is 483 g/mol. The number of benzene rings is 2. The standard InChI is InChI=1S/C25H30FN5O2S/c1-18(2)20-4-3-5-22(16-20)27-23(32)17-34-25-29-28-24(19-6-8-21(26)9-7-19)31(25)11-10-30-12-14-33-15-13-30/h3-9,16,18H,10-15,17H2,1-2H3,(H,27,32). The van der Waals surface area contributed by atoms with Gasteiger partial charge in [0, 0.05) is 37.4 Å². The molecule has 1 amide bonds. The van der Waals surface area contributed by atoms with Gasteiger partial charge in [-0.2, -0.15) is 0 Å². The van der Waals surface area contributed by atoms with Gasteiger partial charge in [0.15, 0.2) is 11.0 Å². The summed E-state index contributed by atoms with van der Waals surface area (Å²) in [6.45, 7) is 8.96. The fraction of sp³-hybridized carbons (Fsp3) is 0.400. The first kappa shape index (κ1) is 24.4. The predicted molar refractivity (Wildman–Crippen MR) is 133 cm³/mol. The van der Waals surface area contributed by atoms with Crippen LogP contribution >= 0.6 is 11.8 Å². The first-order valence-corrected chi connectivity index (χ1v) is 12.5. The van der Waals surface area contributed by atoms with Gasteiger partial charge in [-0.3, -0.25) is 9.69 Å². The Hall–Kier alpha value is -2.75. The lowest BCUT2D eigenvalue weighted by Crippen LogP contribution is -2.38. The maximum absolute atomic E-state index is 13.4. The summed E-state index contributed by atoms with van der Waals surface area (Å²) in [6, 6.07) is 14.2. The Morgan fingerprint density at radius 3 is 2.62 bits per heavy atom. The second-order valence-corrected chi connectivity index (χ2v) is 9.48. The maximum Gasteiger partial charge on any atom is 0.234 e. The minimum absolute atomic E-state index is 0.100. The van der Waals surface area contributed by atoms with Crippen molar-refractivity contribution >= 4 is 23.4 Å². The van der Waals surface area contributed by atoms with Gasteiger partial charge in [0.2, 0.25) is 5.91 Å². The summed E-state index contributed by atoms with van der Waals surface area (Å²) < 4.78 is 20.9. The van der Waals surface area contributed by atoms with Crippen molar-refractivity contribution in [3.63, 3.8) is 0 Å². The van der Waals surface area contributed by atoms with Gasteiger partial charge in [0.25, 0.3) is 0 Å². The second kappa shape index (κ2) is 11.6. The van der Waals surface area contributed by atoms with Crippen molar-refractivity contribution in [2.45, 2.75) is 31.5 Å². The number of morpholine rings is 1. The minimum atomic E-state index is -0.295. The number of hydrogen-bond acceptors (Lipinski definition) is 6. The number of carbonyl (C=O) groups is 1. The lowest BCUT2D eigenvalue weighted by Gasteiger charge is -2.27. The predicted octanol–water partition coefficient (Wildman–Crippen LogP) is 4.27. The molecule has 34 heavy (non-hydrogen) atoms. The van der Waals surface area contributed by atoms with E-state index < -0.39 is 0 Å². The summed E-state index contributed by atoms with van der Waals surface area (Å²) >= 11 is 1.35. The molecule has 0 atom stereocenters. The number of hydrogen-bond donors (Lipinski definition) is 1. The zero-order valence-electron chi connectivity index (χ0n) is 19.5. The van der Waals surface area contributed by atoms with Crippen molar-refractivity contribution in [1.82, 2.24) is 19.7 Å². The molecule has 1 saturated heterocycles. The van der Waals surface area contributed by atoms with Crippen molar-refractivity contribution in [1.29, 1.82) is 0 Å². The fourth-order valence-electron chi connectivity index (χ4n) is 3.78. The van der Waals surface area contributed by atoms with Crippen LogP contribution in [0.15, 0.2) is 53.7 Å². The zero-order chi connectivity index (χ0) is 23.9. The van der Waals surface area contributed by atoms with Gasteiger partial charge >= 0.3 is 0 Å². The number of anilines is 1. The fourth-order valence-corrected chi connectivity index (χ4v) is 4.54. The lowest BCUT2D eigenvalue weighted by molar-refractivity contribution is -0.113. The molecule has 0 spiro atoms. The number of nitrogens with one attached hydrogen (secondary N) is 1. The van der Waals surface area contributed by atoms with Gasteiger partial charge in [-0.05, 0) is 47.9 Å². The van der Waals surface area contributed by atoms with E-state index in [2.05, 4.69) is 40.3 Å². The Kier molecular flexibility index (Phi) is 8.31. The lowest BCUT2D eigenvalue weighted by atomic mass is 10.0.